The maximum absolute atomic E-state index is 13.4. The summed E-state index contributed by atoms with van der Waals surface area (Å²) in [6.07, 6.45) is 2.92. The largest absolute Gasteiger partial charge is 0.329 e. The lowest BCUT2D eigenvalue weighted by Crippen LogP contribution is -2.04. The number of hydrogen-bond acceptors (Lipinski definition) is 2. The summed E-state index contributed by atoms with van der Waals surface area (Å²) in [5, 5.41) is 2.13. The fourth-order valence-corrected chi connectivity index (χ4v) is 3.27. The van der Waals surface area contributed by atoms with E-state index in [0.717, 1.165) is 0 Å². The zero-order chi connectivity index (χ0) is 18.8. The lowest BCUT2D eigenvalue weighted by atomic mass is 10.2. The van der Waals surface area contributed by atoms with Crippen molar-refractivity contribution in [2.75, 3.05) is 0 Å². The minimum Gasteiger partial charge on any atom is -0.329 e. The Morgan fingerprint density at radius 3 is 2.08 bits per heavy atom. The maximum Gasteiger partial charge on any atom is 0.255 e. The lowest BCUT2D eigenvalue weighted by molar-refractivity contribution is 0.633. The SMILES string of the molecule is Fc1c(Br)ccc2c(Cl)nccc12.O=c1[nH]ccc2c(F)c(Br)ccc12. The van der Waals surface area contributed by atoms with Crippen molar-refractivity contribution < 1.29 is 8.78 Å². The molecule has 0 spiro atoms. The van der Waals surface area contributed by atoms with Crippen LogP contribution in [0.15, 0.2) is 62.5 Å². The summed E-state index contributed by atoms with van der Waals surface area (Å²) >= 11 is 11.9. The van der Waals surface area contributed by atoms with Gasteiger partial charge in [0, 0.05) is 33.9 Å². The minimum atomic E-state index is -0.399. The standard InChI is InChI=1S/C9H4BrClFN.C9H5BrFNO/c10-7-2-1-6-5(8(7)12)3-4-13-9(6)11;10-7-2-1-6-5(8(7)11)3-4-12-9(6)13/h1-4H;1-4H,(H,12,13). The van der Waals surface area contributed by atoms with Crippen LogP contribution < -0.4 is 5.56 Å². The van der Waals surface area contributed by atoms with Crippen LogP contribution in [0.3, 0.4) is 0 Å². The summed E-state index contributed by atoms with van der Waals surface area (Å²) in [6, 6.07) is 9.59. The van der Waals surface area contributed by atoms with Gasteiger partial charge in [-0.25, -0.2) is 13.8 Å². The molecule has 132 valence electrons. The van der Waals surface area contributed by atoms with E-state index in [-0.39, 0.29) is 11.4 Å². The van der Waals surface area contributed by atoms with Gasteiger partial charge in [0.25, 0.3) is 5.56 Å². The molecule has 2 heterocycles. The van der Waals surface area contributed by atoms with E-state index in [0.29, 0.717) is 35.6 Å². The van der Waals surface area contributed by atoms with Crippen LogP contribution in [-0.2, 0) is 0 Å². The van der Waals surface area contributed by atoms with Gasteiger partial charge in [-0.15, -0.1) is 0 Å². The van der Waals surface area contributed by atoms with Crippen molar-refractivity contribution in [3.8, 4) is 0 Å². The van der Waals surface area contributed by atoms with Crippen LogP contribution in [0.5, 0.6) is 0 Å². The van der Waals surface area contributed by atoms with Crippen molar-refractivity contribution in [3.63, 3.8) is 0 Å². The first-order chi connectivity index (χ1) is 12.4. The Morgan fingerprint density at radius 2 is 1.42 bits per heavy atom. The zero-order valence-electron chi connectivity index (χ0n) is 12.9. The minimum absolute atomic E-state index is 0.274. The summed E-state index contributed by atoms with van der Waals surface area (Å²) in [7, 11) is 0. The Kier molecular flexibility index (Phi) is 5.70. The predicted molar refractivity (Wildman–Crippen MR) is 107 cm³/mol. The second kappa shape index (κ2) is 7.82. The number of fused-ring (bicyclic) bond motifs is 2. The smallest absolute Gasteiger partial charge is 0.255 e. The number of aromatic amines is 1. The van der Waals surface area contributed by atoms with Crippen molar-refractivity contribution >= 4 is 65.0 Å². The van der Waals surface area contributed by atoms with Crippen LogP contribution in [0.1, 0.15) is 0 Å². The highest BCUT2D eigenvalue weighted by molar-refractivity contribution is 9.10. The quantitative estimate of drug-likeness (QED) is 0.290. The molecule has 0 radical (unpaired) electrons. The first-order valence-electron chi connectivity index (χ1n) is 7.23. The number of pyridine rings is 2. The molecular formula is C18H9Br2ClF2N2O. The van der Waals surface area contributed by atoms with Gasteiger partial charge in [-0.2, -0.15) is 0 Å². The van der Waals surface area contributed by atoms with E-state index in [9.17, 15) is 13.6 Å². The van der Waals surface area contributed by atoms with Crippen LogP contribution in [-0.4, -0.2) is 9.97 Å². The number of benzene rings is 2. The molecule has 0 fully saturated rings. The van der Waals surface area contributed by atoms with E-state index in [1.807, 2.05) is 0 Å². The number of nitrogens with one attached hydrogen (secondary N) is 1. The highest BCUT2D eigenvalue weighted by Gasteiger charge is 2.07. The molecule has 0 atom stereocenters. The molecule has 3 nitrogen and oxygen atoms in total. The molecule has 0 aliphatic heterocycles. The van der Waals surface area contributed by atoms with Gasteiger partial charge in [0.1, 0.15) is 16.8 Å². The normalized spacial score (nSPS) is 10.7. The van der Waals surface area contributed by atoms with Crippen molar-refractivity contribution in [1.82, 2.24) is 9.97 Å². The zero-order valence-corrected chi connectivity index (χ0v) is 16.8. The van der Waals surface area contributed by atoms with Crippen molar-refractivity contribution in [2.24, 2.45) is 0 Å². The van der Waals surface area contributed by atoms with Gasteiger partial charge in [0.05, 0.1) is 8.95 Å². The van der Waals surface area contributed by atoms with Gasteiger partial charge in [-0.3, -0.25) is 4.79 Å². The van der Waals surface area contributed by atoms with E-state index >= 15 is 0 Å². The van der Waals surface area contributed by atoms with Crippen molar-refractivity contribution in [1.29, 1.82) is 0 Å². The third kappa shape index (κ3) is 3.65. The van der Waals surface area contributed by atoms with Crippen LogP contribution >= 0.6 is 43.5 Å². The molecule has 26 heavy (non-hydrogen) atoms. The lowest BCUT2D eigenvalue weighted by Gasteiger charge is -2.01. The Morgan fingerprint density at radius 1 is 0.846 bits per heavy atom. The number of hydrogen-bond donors (Lipinski definition) is 1. The molecule has 0 bridgehead atoms. The average Bonchev–Trinajstić information content (AvgIpc) is 2.63. The monoisotopic (exact) mass is 500 g/mol. The summed E-state index contributed by atoms with van der Waals surface area (Å²) in [5.74, 6) is -0.703. The van der Waals surface area contributed by atoms with Gasteiger partial charge in [-0.05, 0) is 68.3 Å². The Balaban J connectivity index is 0.000000151. The topological polar surface area (TPSA) is 45.8 Å². The molecule has 0 amide bonds. The van der Waals surface area contributed by atoms with Crippen molar-refractivity contribution in [3.05, 3.63) is 84.9 Å². The third-order valence-electron chi connectivity index (χ3n) is 3.63. The first-order valence-corrected chi connectivity index (χ1v) is 9.20. The van der Waals surface area contributed by atoms with Crippen LogP contribution in [0.4, 0.5) is 8.78 Å². The molecule has 4 aromatic rings. The average molecular weight is 503 g/mol. The Hall–Kier alpha value is -1.83. The molecule has 2 aromatic heterocycles. The fourth-order valence-electron chi connectivity index (χ4n) is 2.36. The molecular weight excluding hydrogens is 493 g/mol. The third-order valence-corrected chi connectivity index (χ3v) is 5.15. The Bertz CT molecular complexity index is 1180. The second-order valence-corrected chi connectivity index (χ2v) is 7.25. The summed E-state index contributed by atoms with van der Waals surface area (Å²) in [5.41, 5.74) is -0.274. The molecule has 0 aliphatic rings. The molecule has 0 saturated heterocycles. The number of aromatic nitrogens is 2. The fraction of sp³-hybridized carbons (Fsp3) is 0. The van der Waals surface area contributed by atoms with Crippen LogP contribution in [0.2, 0.25) is 5.15 Å². The number of nitrogens with zero attached hydrogens (tertiary/aromatic N) is 1. The van der Waals surface area contributed by atoms with E-state index in [2.05, 4.69) is 41.8 Å². The first kappa shape index (κ1) is 18.9. The highest BCUT2D eigenvalue weighted by Crippen LogP contribution is 2.28. The van der Waals surface area contributed by atoms with Gasteiger partial charge in [0.2, 0.25) is 0 Å². The van der Waals surface area contributed by atoms with E-state index in [1.165, 1.54) is 24.5 Å². The van der Waals surface area contributed by atoms with E-state index < -0.39 is 5.82 Å². The van der Waals surface area contributed by atoms with Crippen molar-refractivity contribution in [2.45, 2.75) is 0 Å². The number of rotatable bonds is 0. The maximum atomic E-state index is 13.4. The van der Waals surface area contributed by atoms with Gasteiger partial charge in [0.15, 0.2) is 0 Å². The molecule has 2 aromatic carbocycles. The van der Waals surface area contributed by atoms with Gasteiger partial charge in [-0.1, -0.05) is 11.6 Å². The molecule has 1 N–H and O–H groups in total. The van der Waals surface area contributed by atoms with E-state index in [1.54, 1.807) is 24.3 Å². The summed E-state index contributed by atoms with van der Waals surface area (Å²) in [6.45, 7) is 0. The predicted octanol–water partition coefficient (Wildman–Crippen LogP) is 6.22. The number of halogens is 5. The molecule has 0 aliphatic carbocycles. The summed E-state index contributed by atoms with van der Waals surface area (Å²) < 4.78 is 27.6. The van der Waals surface area contributed by atoms with Crippen LogP contribution in [0, 0.1) is 11.6 Å². The molecule has 8 heteroatoms. The van der Waals surface area contributed by atoms with E-state index in [4.69, 9.17) is 11.6 Å². The molecule has 0 unspecified atom stereocenters. The van der Waals surface area contributed by atoms with Crippen LogP contribution in [0.25, 0.3) is 21.5 Å². The second-order valence-electron chi connectivity index (χ2n) is 5.19. The Labute approximate surface area is 168 Å². The van der Waals surface area contributed by atoms with Gasteiger partial charge < -0.3 is 4.98 Å². The molecule has 4 rings (SSSR count). The summed E-state index contributed by atoms with van der Waals surface area (Å²) in [4.78, 5) is 17.5. The van der Waals surface area contributed by atoms with Gasteiger partial charge >= 0.3 is 0 Å². The highest BCUT2D eigenvalue weighted by atomic mass is 79.9. The number of H-pyrrole nitrogens is 1. The molecule has 0 saturated carbocycles.